The van der Waals surface area contributed by atoms with Crippen LogP contribution in [0.15, 0.2) is 18.2 Å². The Morgan fingerprint density at radius 1 is 1.29 bits per heavy atom. The standard InChI is InChI=1S/C15H15FN4O/c1-3-10-11(8-17)15(20-19-13(10)4-2)21-14-6-5-9(16)7-12(14)18/h5-7H,3-4,18H2,1-2H3. The molecule has 6 heteroatoms. The number of aryl methyl sites for hydroxylation is 1. The lowest BCUT2D eigenvalue weighted by molar-refractivity contribution is 0.451. The number of hydrogen-bond donors (Lipinski definition) is 1. The van der Waals surface area contributed by atoms with Crippen molar-refractivity contribution in [3.8, 4) is 17.7 Å². The molecule has 0 radical (unpaired) electrons. The van der Waals surface area contributed by atoms with E-state index < -0.39 is 5.82 Å². The topological polar surface area (TPSA) is 84.8 Å². The maximum Gasteiger partial charge on any atom is 0.257 e. The van der Waals surface area contributed by atoms with Gasteiger partial charge in [-0.05, 0) is 30.5 Å². The summed E-state index contributed by atoms with van der Waals surface area (Å²) in [7, 11) is 0. The van der Waals surface area contributed by atoms with Gasteiger partial charge in [-0.25, -0.2) is 4.39 Å². The number of rotatable bonds is 4. The van der Waals surface area contributed by atoms with Gasteiger partial charge in [0.05, 0.1) is 11.4 Å². The molecule has 0 fully saturated rings. The van der Waals surface area contributed by atoms with Crippen LogP contribution in [-0.2, 0) is 12.8 Å². The zero-order chi connectivity index (χ0) is 15.4. The molecule has 0 aliphatic heterocycles. The number of nitrogens with zero attached hydrogens (tertiary/aromatic N) is 3. The van der Waals surface area contributed by atoms with Crippen molar-refractivity contribution < 1.29 is 9.13 Å². The maximum atomic E-state index is 13.0. The molecule has 0 spiro atoms. The molecular formula is C15H15FN4O. The normalized spacial score (nSPS) is 10.2. The van der Waals surface area contributed by atoms with Gasteiger partial charge < -0.3 is 10.5 Å². The molecule has 0 bridgehead atoms. The first kappa shape index (κ1) is 14.7. The van der Waals surface area contributed by atoms with Gasteiger partial charge in [0.2, 0.25) is 0 Å². The van der Waals surface area contributed by atoms with Gasteiger partial charge in [-0.2, -0.15) is 10.4 Å². The number of nitriles is 1. The minimum atomic E-state index is -0.456. The van der Waals surface area contributed by atoms with Crippen molar-refractivity contribution in [3.63, 3.8) is 0 Å². The third-order valence-corrected chi connectivity index (χ3v) is 3.10. The van der Waals surface area contributed by atoms with E-state index in [9.17, 15) is 9.65 Å². The molecular weight excluding hydrogens is 271 g/mol. The molecule has 21 heavy (non-hydrogen) atoms. The van der Waals surface area contributed by atoms with E-state index in [2.05, 4.69) is 16.3 Å². The molecule has 0 unspecified atom stereocenters. The molecule has 1 aromatic heterocycles. The van der Waals surface area contributed by atoms with Crippen LogP contribution in [0.1, 0.15) is 30.7 Å². The van der Waals surface area contributed by atoms with Crippen LogP contribution >= 0.6 is 0 Å². The van der Waals surface area contributed by atoms with Crippen molar-refractivity contribution in [1.82, 2.24) is 10.2 Å². The van der Waals surface area contributed by atoms with E-state index in [1.54, 1.807) is 0 Å². The Hall–Kier alpha value is -2.68. The number of nitrogens with two attached hydrogens (primary N) is 1. The third-order valence-electron chi connectivity index (χ3n) is 3.10. The van der Waals surface area contributed by atoms with Crippen molar-refractivity contribution in [2.24, 2.45) is 0 Å². The number of benzene rings is 1. The van der Waals surface area contributed by atoms with E-state index in [0.717, 1.165) is 17.3 Å². The van der Waals surface area contributed by atoms with Gasteiger partial charge in [-0.15, -0.1) is 5.10 Å². The number of halogens is 1. The fourth-order valence-corrected chi connectivity index (χ4v) is 2.06. The molecule has 1 heterocycles. The SMILES string of the molecule is CCc1nnc(Oc2ccc(F)cc2N)c(C#N)c1CC. The molecule has 0 aliphatic rings. The number of nitrogen functional groups attached to an aromatic ring is 1. The van der Waals surface area contributed by atoms with Crippen molar-refractivity contribution in [3.05, 3.63) is 40.8 Å². The zero-order valence-corrected chi connectivity index (χ0v) is 11.9. The second-order valence-corrected chi connectivity index (χ2v) is 4.41. The largest absolute Gasteiger partial charge is 0.434 e. The summed E-state index contributed by atoms with van der Waals surface area (Å²) in [5.74, 6) is -0.125. The highest BCUT2D eigenvalue weighted by Crippen LogP contribution is 2.30. The Morgan fingerprint density at radius 3 is 2.62 bits per heavy atom. The van der Waals surface area contributed by atoms with E-state index in [1.165, 1.54) is 12.1 Å². The fraction of sp³-hybridized carbons (Fsp3) is 0.267. The monoisotopic (exact) mass is 286 g/mol. The molecule has 0 saturated heterocycles. The van der Waals surface area contributed by atoms with Crippen LogP contribution in [0.4, 0.5) is 10.1 Å². The van der Waals surface area contributed by atoms with Crippen LogP contribution in [0, 0.1) is 17.1 Å². The fourth-order valence-electron chi connectivity index (χ4n) is 2.06. The predicted molar refractivity (Wildman–Crippen MR) is 76.4 cm³/mol. The van der Waals surface area contributed by atoms with E-state index in [0.29, 0.717) is 18.4 Å². The maximum absolute atomic E-state index is 13.0. The second-order valence-electron chi connectivity index (χ2n) is 4.41. The van der Waals surface area contributed by atoms with Gasteiger partial charge in [-0.1, -0.05) is 13.8 Å². The van der Waals surface area contributed by atoms with Gasteiger partial charge in [-0.3, -0.25) is 0 Å². The molecule has 0 atom stereocenters. The molecule has 0 amide bonds. The van der Waals surface area contributed by atoms with Crippen molar-refractivity contribution in [2.75, 3.05) is 5.73 Å². The van der Waals surface area contributed by atoms with Crippen molar-refractivity contribution >= 4 is 5.69 Å². The first-order valence-electron chi connectivity index (χ1n) is 6.62. The Labute approximate surface area is 122 Å². The van der Waals surface area contributed by atoms with Crippen LogP contribution < -0.4 is 10.5 Å². The first-order chi connectivity index (χ1) is 10.1. The van der Waals surface area contributed by atoms with Crippen molar-refractivity contribution in [2.45, 2.75) is 26.7 Å². The molecule has 108 valence electrons. The predicted octanol–water partition coefficient (Wildman–Crippen LogP) is 2.99. The van der Waals surface area contributed by atoms with Crippen molar-refractivity contribution in [1.29, 1.82) is 5.26 Å². The second kappa shape index (κ2) is 6.18. The van der Waals surface area contributed by atoms with E-state index in [-0.39, 0.29) is 17.3 Å². The Kier molecular flexibility index (Phi) is 4.33. The van der Waals surface area contributed by atoms with Gasteiger partial charge in [0.15, 0.2) is 5.75 Å². The molecule has 5 nitrogen and oxygen atoms in total. The Bertz CT molecular complexity index is 710. The highest BCUT2D eigenvalue weighted by Gasteiger charge is 2.17. The van der Waals surface area contributed by atoms with Crippen LogP contribution in [0.3, 0.4) is 0 Å². The number of aromatic nitrogens is 2. The minimum absolute atomic E-state index is 0.0878. The van der Waals surface area contributed by atoms with E-state index in [4.69, 9.17) is 10.5 Å². The molecule has 1 aromatic carbocycles. The van der Waals surface area contributed by atoms with Gasteiger partial charge in [0.1, 0.15) is 17.4 Å². The van der Waals surface area contributed by atoms with Crippen LogP contribution in [0.25, 0.3) is 0 Å². The number of hydrogen-bond acceptors (Lipinski definition) is 5. The zero-order valence-electron chi connectivity index (χ0n) is 11.9. The summed E-state index contributed by atoms with van der Waals surface area (Å²) < 4.78 is 18.6. The summed E-state index contributed by atoms with van der Waals surface area (Å²) in [5, 5.41) is 17.4. The minimum Gasteiger partial charge on any atom is -0.434 e. The highest BCUT2D eigenvalue weighted by molar-refractivity contribution is 5.55. The Balaban J connectivity index is 2.47. The van der Waals surface area contributed by atoms with Gasteiger partial charge in [0.25, 0.3) is 5.88 Å². The van der Waals surface area contributed by atoms with Crippen LogP contribution in [0.2, 0.25) is 0 Å². The van der Waals surface area contributed by atoms with Crippen LogP contribution in [0.5, 0.6) is 11.6 Å². The number of anilines is 1. The molecule has 0 saturated carbocycles. The van der Waals surface area contributed by atoms with Gasteiger partial charge >= 0.3 is 0 Å². The molecule has 2 N–H and O–H groups in total. The first-order valence-corrected chi connectivity index (χ1v) is 6.62. The average molecular weight is 286 g/mol. The Morgan fingerprint density at radius 2 is 2.05 bits per heavy atom. The summed E-state index contributed by atoms with van der Waals surface area (Å²) in [6, 6.07) is 5.87. The lowest BCUT2D eigenvalue weighted by atomic mass is 10.0. The summed E-state index contributed by atoms with van der Waals surface area (Å²) >= 11 is 0. The highest BCUT2D eigenvalue weighted by atomic mass is 19.1. The average Bonchev–Trinajstić information content (AvgIpc) is 2.49. The number of ether oxygens (including phenoxy) is 1. The molecule has 2 aromatic rings. The quantitative estimate of drug-likeness (QED) is 0.873. The summed E-state index contributed by atoms with van der Waals surface area (Å²) in [5.41, 5.74) is 7.75. The lowest BCUT2D eigenvalue weighted by Crippen LogP contribution is -2.05. The summed E-state index contributed by atoms with van der Waals surface area (Å²) in [6.45, 7) is 3.88. The van der Waals surface area contributed by atoms with Gasteiger partial charge in [0, 0.05) is 6.07 Å². The lowest BCUT2D eigenvalue weighted by Gasteiger charge is -2.12. The van der Waals surface area contributed by atoms with Crippen LogP contribution in [-0.4, -0.2) is 10.2 Å². The van der Waals surface area contributed by atoms with E-state index in [1.807, 2.05) is 13.8 Å². The molecule has 2 rings (SSSR count). The summed E-state index contributed by atoms with van der Waals surface area (Å²) in [4.78, 5) is 0. The molecule has 0 aliphatic carbocycles. The smallest absolute Gasteiger partial charge is 0.257 e. The summed E-state index contributed by atoms with van der Waals surface area (Å²) in [6.07, 6.45) is 1.33. The third kappa shape index (κ3) is 2.92. The van der Waals surface area contributed by atoms with E-state index >= 15 is 0 Å².